The van der Waals surface area contributed by atoms with Crippen molar-refractivity contribution < 1.29 is 0 Å². The third-order valence-corrected chi connectivity index (χ3v) is 2.62. The van der Waals surface area contributed by atoms with Crippen molar-refractivity contribution in [3.63, 3.8) is 0 Å². The van der Waals surface area contributed by atoms with E-state index < -0.39 is 0 Å². The molecule has 0 aliphatic rings. The molecule has 2 N–H and O–H groups in total. The van der Waals surface area contributed by atoms with Crippen molar-refractivity contribution in [3.8, 4) is 11.4 Å². The zero-order valence-electron chi connectivity index (χ0n) is 10.4. The minimum Gasteiger partial charge on any atom is -0.322 e. The summed E-state index contributed by atoms with van der Waals surface area (Å²) in [6, 6.07) is 7.95. The molecule has 0 bridgehead atoms. The van der Waals surface area contributed by atoms with Gasteiger partial charge in [-0.2, -0.15) is 4.80 Å². The quantitative estimate of drug-likeness (QED) is 0.870. The molecule has 0 radical (unpaired) electrons. The van der Waals surface area contributed by atoms with Gasteiger partial charge in [0.2, 0.25) is 5.82 Å². The minimum atomic E-state index is -0.326. The van der Waals surface area contributed by atoms with Gasteiger partial charge in [0, 0.05) is 11.1 Å². The fraction of sp³-hybridized carbons (Fsp3) is 0.417. The molecule has 0 fully saturated rings. The number of benzene rings is 1. The van der Waals surface area contributed by atoms with Crippen molar-refractivity contribution in [2.24, 2.45) is 5.73 Å². The molecule has 0 spiro atoms. The Hall–Kier alpha value is -1.75. The maximum absolute atomic E-state index is 6.02. The van der Waals surface area contributed by atoms with E-state index >= 15 is 0 Å². The molecule has 0 unspecified atom stereocenters. The molecule has 1 aromatic carbocycles. The molecule has 0 atom stereocenters. The molecule has 0 saturated carbocycles. The maximum Gasteiger partial charge on any atom is 0.204 e. The Labute approximate surface area is 101 Å². The van der Waals surface area contributed by atoms with E-state index in [4.69, 9.17) is 5.73 Å². The number of aryl methyl sites for hydroxylation is 1. The van der Waals surface area contributed by atoms with Gasteiger partial charge in [-0.15, -0.1) is 10.2 Å². The Balaban J connectivity index is 2.29. The molecule has 1 aromatic heterocycles. The molecule has 0 aliphatic carbocycles. The van der Waals surface area contributed by atoms with Crippen LogP contribution < -0.4 is 5.73 Å². The van der Waals surface area contributed by atoms with Crippen LogP contribution in [0.25, 0.3) is 11.4 Å². The second kappa shape index (κ2) is 4.25. The van der Waals surface area contributed by atoms with Gasteiger partial charge in [-0.1, -0.05) is 24.3 Å². The summed E-state index contributed by atoms with van der Waals surface area (Å²) >= 11 is 0. The summed E-state index contributed by atoms with van der Waals surface area (Å²) in [5.74, 6) is 0.647. The Morgan fingerprint density at radius 1 is 1.24 bits per heavy atom. The summed E-state index contributed by atoms with van der Waals surface area (Å²) in [6.45, 7) is 6.66. The molecule has 90 valence electrons. The van der Waals surface area contributed by atoms with E-state index in [-0.39, 0.29) is 5.54 Å². The zero-order chi connectivity index (χ0) is 12.5. The van der Waals surface area contributed by atoms with Gasteiger partial charge in [0.05, 0.1) is 6.54 Å². The average molecular weight is 231 g/mol. The molecule has 5 heteroatoms. The van der Waals surface area contributed by atoms with Crippen molar-refractivity contribution in [1.29, 1.82) is 0 Å². The molecule has 17 heavy (non-hydrogen) atoms. The van der Waals surface area contributed by atoms with Crippen molar-refractivity contribution in [3.05, 3.63) is 29.8 Å². The number of tetrazole rings is 1. The lowest BCUT2D eigenvalue weighted by atomic mass is 9.95. The number of aromatic nitrogens is 4. The van der Waals surface area contributed by atoms with E-state index in [2.05, 4.69) is 15.4 Å². The Morgan fingerprint density at radius 2 is 1.88 bits per heavy atom. The van der Waals surface area contributed by atoms with Crippen molar-refractivity contribution in [2.45, 2.75) is 32.9 Å². The third kappa shape index (κ3) is 2.50. The average Bonchev–Trinajstić information content (AvgIpc) is 2.76. The first-order chi connectivity index (χ1) is 8.00. The number of hydrogen-bond donors (Lipinski definition) is 1. The lowest BCUT2D eigenvalue weighted by molar-refractivity contribution is 0.552. The molecule has 0 amide bonds. The summed E-state index contributed by atoms with van der Waals surface area (Å²) in [7, 11) is 0. The van der Waals surface area contributed by atoms with Crippen LogP contribution in [0.4, 0.5) is 0 Å². The Morgan fingerprint density at radius 3 is 2.35 bits per heavy atom. The van der Waals surface area contributed by atoms with Gasteiger partial charge in [0.1, 0.15) is 0 Å². The smallest absolute Gasteiger partial charge is 0.204 e. The van der Waals surface area contributed by atoms with Crippen LogP contribution in [0.2, 0.25) is 0 Å². The molecule has 0 aliphatic heterocycles. The van der Waals surface area contributed by atoms with Crippen LogP contribution in [-0.4, -0.2) is 20.2 Å². The van der Waals surface area contributed by atoms with Crippen LogP contribution in [0.5, 0.6) is 0 Å². The van der Waals surface area contributed by atoms with E-state index in [1.54, 1.807) is 4.80 Å². The second-order valence-corrected chi connectivity index (χ2v) is 4.60. The van der Waals surface area contributed by atoms with Gasteiger partial charge in [-0.3, -0.25) is 0 Å². The van der Waals surface area contributed by atoms with Crippen molar-refractivity contribution >= 4 is 0 Å². The Kier molecular flexibility index (Phi) is 2.93. The Bertz CT molecular complexity index is 492. The highest BCUT2D eigenvalue weighted by Crippen LogP contribution is 2.20. The monoisotopic (exact) mass is 231 g/mol. The van der Waals surface area contributed by atoms with Crippen molar-refractivity contribution in [2.75, 3.05) is 0 Å². The van der Waals surface area contributed by atoms with E-state index in [0.717, 1.165) is 17.7 Å². The fourth-order valence-corrected chi connectivity index (χ4v) is 1.54. The largest absolute Gasteiger partial charge is 0.322 e. The van der Waals surface area contributed by atoms with E-state index in [9.17, 15) is 0 Å². The predicted molar refractivity (Wildman–Crippen MR) is 66.1 cm³/mol. The highest BCUT2D eigenvalue weighted by atomic mass is 15.6. The van der Waals surface area contributed by atoms with Crippen LogP contribution in [0.1, 0.15) is 26.3 Å². The van der Waals surface area contributed by atoms with E-state index in [0.29, 0.717) is 5.82 Å². The first-order valence-electron chi connectivity index (χ1n) is 5.68. The molecule has 2 aromatic rings. The van der Waals surface area contributed by atoms with Gasteiger partial charge >= 0.3 is 0 Å². The molecular formula is C12H17N5. The number of rotatable bonds is 3. The summed E-state index contributed by atoms with van der Waals surface area (Å²) in [5.41, 5.74) is 7.74. The molecule has 5 nitrogen and oxygen atoms in total. The molecule has 2 rings (SSSR count). The molecule has 1 heterocycles. The van der Waals surface area contributed by atoms with Crippen LogP contribution in [-0.2, 0) is 12.1 Å². The minimum absolute atomic E-state index is 0.326. The standard InChI is InChI=1S/C12H17N5/c1-4-17-15-11(14-16-17)9-5-7-10(8-6-9)12(2,3)13/h5-8H,4,13H2,1-3H3. The highest BCUT2D eigenvalue weighted by molar-refractivity contribution is 5.54. The molecular weight excluding hydrogens is 214 g/mol. The van der Waals surface area contributed by atoms with E-state index in [1.165, 1.54) is 0 Å². The van der Waals surface area contributed by atoms with Gasteiger partial charge < -0.3 is 5.73 Å². The lowest BCUT2D eigenvalue weighted by Gasteiger charge is -2.18. The SMILES string of the molecule is CCn1nnc(-c2ccc(C(C)(C)N)cc2)n1. The van der Waals surface area contributed by atoms with Crippen LogP contribution >= 0.6 is 0 Å². The third-order valence-electron chi connectivity index (χ3n) is 2.62. The van der Waals surface area contributed by atoms with Gasteiger partial charge in [-0.25, -0.2) is 0 Å². The van der Waals surface area contributed by atoms with Crippen LogP contribution in [0.3, 0.4) is 0 Å². The van der Waals surface area contributed by atoms with Crippen LogP contribution in [0.15, 0.2) is 24.3 Å². The number of hydrogen-bond acceptors (Lipinski definition) is 4. The van der Waals surface area contributed by atoms with Crippen molar-refractivity contribution in [1.82, 2.24) is 20.2 Å². The summed E-state index contributed by atoms with van der Waals surface area (Å²) in [5, 5.41) is 12.2. The number of nitrogens with two attached hydrogens (primary N) is 1. The maximum atomic E-state index is 6.02. The lowest BCUT2D eigenvalue weighted by Crippen LogP contribution is -2.28. The van der Waals surface area contributed by atoms with E-state index in [1.807, 2.05) is 45.0 Å². The highest BCUT2D eigenvalue weighted by Gasteiger charge is 2.14. The summed E-state index contributed by atoms with van der Waals surface area (Å²) in [6.07, 6.45) is 0. The predicted octanol–water partition coefficient (Wildman–Crippen LogP) is 1.55. The number of nitrogens with zero attached hydrogens (tertiary/aromatic N) is 4. The summed E-state index contributed by atoms with van der Waals surface area (Å²) < 4.78 is 0. The topological polar surface area (TPSA) is 69.6 Å². The van der Waals surface area contributed by atoms with Gasteiger partial charge in [0.15, 0.2) is 0 Å². The van der Waals surface area contributed by atoms with Gasteiger partial charge in [-0.05, 0) is 31.5 Å². The first kappa shape index (κ1) is 11.7. The molecule has 0 saturated heterocycles. The van der Waals surface area contributed by atoms with Gasteiger partial charge in [0.25, 0.3) is 0 Å². The zero-order valence-corrected chi connectivity index (χ0v) is 10.4. The second-order valence-electron chi connectivity index (χ2n) is 4.60. The normalized spacial score (nSPS) is 11.8. The summed E-state index contributed by atoms with van der Waals surface area (Å²) in [4.78, 5) is 1.57. The fourth-order valence-electron chi connectivity index (χ4n) is 1.54. The van der Waals surface area contributed by atoms with Crippen LogP contribution in [0, 0.1) is 0 Å². The first-order valence-corrected chi connectivity index (χ1v) is 5.68.